The van der Waals surface area contributed by atoms with Crippen molar-refractivity contribution in [3.05, 3.63) is 30.1 Å². The lowest BCUT2D eigenvalue weighted by Crippen LogP contribution is -2.50. The topological polar surface area (TPSA) is 48.5 Å². The van der Waals surface area contributed by atoms with Crippen LogP contribution in [-0.2, 0) is 11.3 Å². The molecule has 5 heteroatoms. The Morgan fingerprint density at radius 2 is 2.07 bits per heavy atom. The number of nitrogens with zero attached hydrogens (tertiary/aromatic N) is 3. The lowest BCUT2D eigenvalue weighted by atomic mass is 9.93. The molecule has 3 heterocycles. The number of aromatic nitrogens is 1. The van der Waals surface area contributed by atoms with Crippen LogP contribution >= 0.6 is 0 Å². The molecule has 0 aromatic carbocycles. The van der Waals surface area contributed by atoms with Crippen molar-refractivity contribution in [2.75, 3.05) is 32.7 Å². The van der Waals surface area contributed by atoms with Crippen LogP contribution in [0.4, 0.5) is 0 Å². The quantitative estimate of drug-likeness (QED) is 0.713. The summed E-state index contributed by atoms with van der Waals surface area (Å²) in [6.45, 7) is 8.66. The Labute approximate surface area is 164 Å². The summed E-state index contributed by atoms with van der Waals surface area (Å²) in [4.78, 5) is 22.0. The highest BCUT2D eigenvalue weighted by molar-refractivity contribution is 5.78. The molecular formula is C22H36N4O. The number of hydrogen-bond acceptors (Lipinski definition) is 4. The van der Waals surface area contributed by atoms with Crippen molar-refractivity contribution in [1.82, 2.24) is 20.1 Å². The number of piperidine rings is 2. The molecule has 2 saturated heterocycles. The molecule has 0 unspecified atom stereocenters. The summed E-state index contributed by atoms with van der Waals surface area (Å²) in [5, 5.41) is 3.11. The first-order valence-electron chi connectivity index (χ1n) is 10.9. The van der Waals surface area contributed by atoms with Gasteiger partial charge in [0.1, 0.15) is 0 Å². The van der Waals surface area contributed by atoms with Crippen molar-refractivity contribution in [2.24, 2.45) is 5.92 Å². The lowest BCUT2D eigenvalue weighted by molar-refractivity contribution is -0.127. The van der Waals surface area contributed by atoms with E-state index >= 15 is 0 Å². The molecule has 0 aliphatic carbocycles. The van der Waals surface area contributed by atoms with Gasteiger partial charge in [-0.15, -0.1) is 0 Å². The Kier molecular flexibility index (Phi) is 8.09. The number of carbonyl (C=O) groups is 1. The highest BCUT2D eigenvalue weighted by Crippen LogP contribution is 2.24. The number of pyridine rings is 1. The molecule has 0 spiro atoms. The fourth-order valence-corrected chi connectivity index (χ4v) is 4.48. The predicted molar refractivity (Wildman–Crippen MR) is 109 cm³/mol. The zero-order valence-electron chi connectivity index (χ0n) is 16.9. The van der Waals surface area contributed by atoms with E-state index in [1.54, 1.807) is 6.20 Å². The Morgan fingerprint density at radius 1 is 1.22 bits per heavy atom. The van der Waals surface area contributed by atoms with Crippen LogP contribution in [0.5, 0.6) is 0 Å². The van der Waals surface area contributed by atoms with Gasteiger partial charge in [-0.05, 0) is 69.9 Å². The van der Waals surface area contributed by atoms with Crippen molar-refractivity contribution in [3.63, 3.8) is 0 Å². The van der Waals surface area contributed by atoms with Crippen LogP contribution in [-0.4, -0.2) is 59.5 Å². The zero-order valence-corrected chi connectivity index (χ0v) is 16.9. The first-order valence-corrected chi connectivity index (χ1v) is 10.9. The van der Waals surface area contributed by atoms with E-state index < -0.39 is 0 Å². The number of likely N-dealkylation sites (tertiary alicyclic amines) is 2. The van der Waals surface area contributed by atoms with E-state index in [2.05, 4.69) is 27.0 Å². The molecule has 150 valence electrons. The zero-order chi connectivity index (χ0) is 18.9. The second-order valence-corrected chi connectivity index (χ2v) is 8.19. The van der Waals surface area contributed by atoms with Crippen molar-refractivity contribution in [2.45, 2.75) is 64.5 Å². The van der Waals surface area contributed by atoms with E-state index in [0.717, 1.165) is 31.5 Å². The van der Waals surface area contributed by atoms with E-state index in [4.69, 9.17) is 0 Å². The summed E-state index contributed by atoms with van der Waals surface area (Å²) >= 11 is 0. The minimum atomic E-state index is 0.137. The van der Waals surface area contributed by atoms with Gasteiger partial charge < -0.3 is 10.2 Å². The molecular weight excluding hydrogens is 336 g/mol. The molecule has 0 bridgehead atoms. The van der Waals surface area contributed by atoms with Gasteiger partial charge in [-0.1, -0.05) is 25.8 Å². The molecule has 0 radical (unpaired) electrons. The van der Waals surface area contributed by atoms with Crippen LogP contribution < -0.4 is 5.32 Å². The largest absolute Gasteiger partial charge is 0.352 e. The van der Waals surface area contributed by atoms with Crippen molar-refractivity contribution >= 4 is 5.91 Å². The van der Waals surface area contributed by atoms with Crippen LogP contribution in [0, 0.1) is 5.92 Å². The number of rotatable bonds is 8. The van der Waals surface area contributed by atoms with Gasteiger partial charge >= 0.3 is 0 Å². The van der Waals surface area contributed by atoms with Crippen LogP contribution in [0.2, 0.25) is 0 Å². The number of carbonyl (C=O) groups excluding carboxylic acids is 1. The summed E-state index contributed by atoms with van der Waals surface area (Å²) in [6, 6.07) is 4.59. The normalized spacial score (nSPS) is 22.6. The molecule has 27 heavy (non-hydrogen) atoms. The first-order chi connectivity index (χ1) is 13.3. The van der Waals surface area contributed by atoms with Gasteiger partial charge in [0.05, 0.1) is 5.92 Å². The Bertz CT molecular complexity index is 557. The molecule has 2 fully saturated rings. The predicted octanol–water partition coefficient (Wildman–Crippen LogP) is 3.06. The average molecular weight is 373 g/mol. The molecule has 1 aromatic heterocycles. The highest BCUT2D eigenvalue weighted by atomic mass is 16.1. The average Bonchev–Trinajstić information content (AvgIpc) is 2.73. The van der Waals surface area contributed by atoms with Gasteiger partial charge in [0, 0.05) is 31.5 Å². The Morgan fingerprint density at radius 3 is 2.81 bits per heavy atom. The summed E-state index contributed by atoms with van der Waals surface area (Å²) in [7, 11) is 0. The molecule has 3 rings (SSSR count). The van der Waals surface area contributed by atoms with E-state index in [1.165, 1.54) is 51.7 Å². The minimum Gasteiger partial charge on any atom is -0.352 e. The molecule has 2 aliphatic heterocycles. The van der Waals surface area contributed by atoms with E-state index in [1.807, 2.05) is 18.3 Å². The third-order valence-electron chi connectivity index (χ3n) is 6.16. The van der Waals surface area contributed by atoms with E-state index in [-0.39, 0.29) is 11.8 Å². The first kappa shape index (κ1) is 20.3. The summed E-state index contributed by atoms with van der Waals surface area (Å²) in [5.74, 6) is 0.346. The number of amides is 1. The van der Waals surface area contributed by atoms with Gasteiger partial charge in [0.25, 0.3) is 0 Å². The van der Waals surface area contributed by atoms with Gasteiger partial charge in [0.15, 0.2) is 0 Å². The maximum absolute atomic E-state index is 12.6. The molecule has 1 atom stereocenters. The van der Waals surface area contributed by atoms with Gasteiger partial charge in [0.2, 0.25) is 5.91 Å². The maximum Gasteiger partial charge on any atom is 0.224 e. The van der Waals surface area contributed by atoms with Crippen LogP contribution in [0.15, 0.2) is 24.5 Å². The lowest BCUT2D eigenvalue weighted by Gasteiger charge is -2.42. The van der Waals surface area contributed by atoms with Gasteiger partial charge in [-0.2, -0.15) is 0 Å². The summed E-state index contributed by atoms with van der Waals surface area (Å²) in [6.07, 6.45) is 12.3. The van der Waals surface area contributed by atoms with Crippen LogP contribution in [0.1, 0.15) is 57.4 Å². The standard InChI is InChI=1S/C22H36N4O/c1-2-3-4-12-25-14-9-21(10-15-25)26-13-6-8-20(18-26)22(27)24-17-19-7-5-11-23-16-19/h5,7,11,16,20-21H,2-4,6,8-10,12-15,17-18H2,1H3,(H,24,27)/t20-/m0/s1. The number of hydrogen-bond donors (Lipinski definition) is 1. The molecule has 0 saturated carbocycles. The fourth-order valence-electron chi connectivity index (χ4n) is 4.48. The van der Waals surface area contributed by atoms with Crippen LogP contribution in [0.25, 0.3) is 0 Å². The second kappa shape index (κ2) is 10.8. The van der Waals surface area contributed by atoms with E-state index in [0.29, 0.717) is 12.6 Å². The number of unbranched alkanes of at least 4 members (excludes halogenated alkanes) is 2. The molecule has 1 N–H and O–H groups in total. The van der Waals surface area contributed by atoms with Crippen molar-refractivity contribution < 1.29 is 4.79 Å². The number of nitrogens with one attached hydrogen (secondary N) is 1. The fraction of sp³-hybridized carbons (Fsp3) is 0.727. The minimum absolute atomic E-state index is 0.137. The SMILES string of the molecule is CCCCCN1CCC(N2CCC[C@H](C(=O)NCc3cccnc3)C2)CC1. The second-order valence-electron chi connectivity index (χ2n) is 8.19. The van der Waals surface area contributed by atoms with Crippen LogP contribution in [0.3, 0.4) is 0 Å². The smallest absolute Gasteiger partial charge is 0.224 e. The summed E-state index contributed by atoms with van der Waals surface area (Å²) < 4.78 is 0. The molecule has 1 aromatic rings. The van der Waals surface area contributed by atoms with Gasteiger partial charge in [-0.3, -0.25) is 14.7 Å². The van der Waals surface area contributed by atoms with Crippen molar-refractivity contribution in [1.29, 1.82) is 0 Å². The third kappa shape index (κ3) is 6.28. The molecule has 5 nitrogen and oxygen atoms in total. The Balaban J connectivity index is 1.40. The molecule has 2 aliphatic rings. The highest BCUT2D eigenvalue weighted by Gasteiger charge is 2.31. The Hall–Kier alpha value is -1.46. The summed E-state index contributed by atoms with van der Waals surface area (Å²) in [5.41, 5.74) is 1.06. The van der Waals surface area contributed by atoms with E-state index in [9.17, 15) is 4.79 Å². The maximum atomic E-state index is 12.6. The monoisotopic (exact) mass is 372 g/mol. The third-order valence-corrected chi connectivity index (χ3v) is 6.16. The van der Waals surface area contributed by atoms with Crippen molar-refractivity contribution in [3.8, 4) is 0 Å². The van der Waals surface area contributed by atoms with Gasteiger partial charge in [-0.25, -0.2) is 0 Å². The molecule has 1 amide bonds.